The number of rotatable bonds is 2. The fourth-order valence-corrected chi connectivity index (χ4v) is 3.01. The van der Waals surface area contributed by atoms with E-state index >= 15 is 0 Å². The average molecular weight is 237 g/mol. The van der Waals surface area contributed by atoms with Crippen molar-refractivity contribution in [2.24, 2.45) is 5.92 Å². The van der Waals surface area contributed by atoms with Crippen LogP contribution in [0.15, 0.2) is 24.3 Å². The van der Waals surface area contributed by atoms with Gasteiger partial charge in [0.25, 0.3) is 0 Å². The van der Waals surface area contributed by atoms with E-state index in [1.54, 1.807) is 0 Å². The zero-order valence-corrected chi connectivity index (χ0v) is 10.1. The standard InChI is InChI=1S/C13H17ClN2/c14-11-1-3-12(4-2-11)15-13-9-16-7-5-10(13)6-8-16/h1-4,10,13,15H,5-9H2/t13-/m0/s1. The van der Waals surface area contributed by atoms with E-state index in [1.807, 2.05) is 12.1 Å². The highest BCUT2D eigenvalue weighted by atomic mass is 35.5. The number of benzene rings is 1. The second-order valence-electron chi connectivity index (χ2n) is 4.90. The average Bonchev–Trinajstić information content (AvgIpc) is 2.34. The molecule has 1 N–H and O–H groups in total. The summed E-state index contributed by atoms with van der Waals surface area (Å²) in [5, 5.41) is 4.44. The molecule has 0 aliphatic carbocycles. The Labute approximate surface area is 102 Å². The Morgan fingerprint density at radius 3 is 2.38 bits per heavy atom. The Bertz CT molecular complexity index is 355. The van der Waals surface area contributed by atoms with Gasteiger partial charge in [-0.1, -0.05) is 11.6 Å². The molecule has 3 aliphatic rings. The van der Waals surface area contributed by atoms with Crippen molar-refractivity contribution >= 4 is 17.3 Å². The lowest BCUT2D eigenvalue weighted by atomic mass is 9.84. The Kier molecular flexibility index (Phi) is 2.78. The first-order valence-corrected chi connectivity index (χ1v) is 6.43. The Morgan fingerprint density at radius 2 is 1.81 bits per heavy atom. The molecular weight excluding hydrogens is 220 g/mol. The molecule has 86 valence electrons. The molecule has 0 aromatic heterocycles. The molecule has 16 heavy (non-hydrogen) atoms. The Morgan fingerprint density at radius 1 is 1.12 bits per heavy atom. The van der Waals surface area contributed by atoms with Crippen LogP contribution in [0.4, 0.5) is 5.69 Å². The third-order valence-electron chi connectivity index (χ3n) is 3.85. The van der Waals surface area contributed by atoms with Crippen molar-refractivity contribution in [3.05, 3.63) is 29.3 Å². The van der Waals surface area contributed by atoms with Crippen LogP contribution in [-0.4, -0.2) is 30.6 Å². The highest BCUT2D eigenvalue weighted by Crippen LogP contribution is 2.29. The molecule has 3 saturated heterocycles. The van der Waals surface area contributed by atoms with Gasteiger partial charge in [-0.15, -0.1) is 0 Å². The summed E-state index contributed by atoms with van der Waals surface area (Å²) in [5.41, 5.74) is 1.20. The summed E-state index contributed by atoms with van der Waals surface area (Å²) in [5.74, 6) is 0.862. The monoisotopic (exact) mass is 236 g/mol. The van der Waals surface area contributed by atoms with Gasteiger partial charge < -0.3 is 10.2 Å². The molecule has 1 atom stereocenters. The lowest BCUT2D eigenvalue weighted by Gasteiger charge is -2.45. The van der Waals surface area contributed by atoms with E-state index in [0.717, 1.165) is 10.9 Å². The Hall–Kier alpha value is -0.730. The van der Waals surface area contributed by atoms with Gasteiger partial charge in [0.2, 0.25) is 0 Å². The number of piperidine rings is 3. The number of hydrogen-bond acceptors (Lipinski definition) is 2. The second kappa shape index (κ2) is 4.27. The molecule has 0 saturated carbocycles. The molecular formula is C13H17ClN2. The van der Waals surface area contributed by atoms with Gasteiger partial charge in [0.1, 0.15) is 0 Å². The highest BCUT2D eigenvalue weighted by Gasteiger charge is 2.33. The molecule has 0 unspecified atom stereocenters. The van der Waals surface area contributed by atoms with Crippen molar-refractivity contribution in [3.8, 4) is 0 Å². The smallest absolute Gasteiger partial charge is 0.0417 e. The predicted molar refractivity (Wildman–Crippen MR) is 68.0 cm³/mol. The third kappa shape index (κ3) is 2.04. The van der Waals surface area contributed by atoms with Gasteiger partial charge >= 0.3 is 0 Å². The van der Waals surface area contributed by atoms with E-state index in [4.69, 9.17) is 11.6 Å². The first-order chi connectivity index (χ1) is 7.81. The van der Waals surface area contributed by atoms with Crippen LogP contribution >= 0.6 is 11.6 Å². The van der Waals surface area contributed by atoms with Crippen LogP contribution < -0.4 is 5.32 Å². The van der Waals surface area contributed by atoms with Crippen LogP contribution in [0.1, 0.15) is 12.8 Å². The minimum atomic E-state index is 0.628. The summed E-state index contributed by atoms with van der Waals surface area (Å²) in [6.45, 7) is 3.79. The van der Waals surface area contributed by atoms with Crippen molar-refractivity contribution in [2.45, 2.75) is 18.9 Å². The molecule has 3 fully saturated rings. The van der Waals surface area contributed by atoms with E-state index < -0.39 is 0 Å². The normalized spacial score (nSPS) is 32.7. The van der Waals surface area contributed by atoms with Crippen LogP contribution in [0.2, 0.25) is 5.02 Å². The van der Waals surface area contributed by atoms with Gasteiger partial charge in [0, 0.05) is 23.3 Å². The van der Waals surface area contributed by atoms with Crippen molar-refractivity contribution in [2.75, 3.05) is 25.0 Å². The third-order valence-corrected chi connectivity index (χ3v) is 4.10. The predicted octanol–water partition coefficient (Wildman–Crippen LogP) is 2.85. The minimum Gasteiger partial charge on any atom is -0.381 e. The molecule has 0 spiro atoms. The number of nitrogens with zero attached hydrogens (tertiary/aromatic N) is 1. The maximum absolute atomic E-state index is 5.88. The fourth-order valence-electron chi connectivity index (χ4n) is 2.89. The molecule has 1 aromatic rings. The maximum Gasteiger partial charge on any atom is 0.0417 e. The molecule has 3 heteroatoms. The van der Waals surface area contributed by atoms with Gasteiger partial charge in [-0.05, 0) is 56.1 Å². The van der Waals surface area contributed by atoms with Crippen LogP contribution in [0.25, 0.3) is 0 Å². The molecule has 3 heterocycles. The van der Waals surface area contributed by atoms with Gasteiger partial charge in [-0.25, -0.2) is 0 Å². The van der Waals surface area contributed by atoms with Crippen LogP contribution in [0, 0.1) is 5.92 Å². The number of anilines is 1. The van der Waals surface area contributed by atoms with E-state index in [1.165, 1.54) is 38.2 Å². The Balaban J connectivity index is 1.68. The lowest BCUT2D eigenvalue weighted by molar-refractivity contribution is 0.0975. The molecule has 4 rings (SSSR count). The van der Waals surface area contributed by atoms with Gasteiger partial charge in [0.05, 0.1) is 0 Å². The van der Waals surface area contributed by atoms with Crippen molar-refractivity contribution < 1.29 is 0 Å². The first kappa shape index (κ1) is 10.4. The number of hydrogen-bond donors (Lipinski definition) is 1. The van der Waals surface area contributed by atoms with Gasteiger partial charge in [0.15, 0.2) is 0 Å². The SMILES string of the molecule is Clc1ccc(N[C@H]2CN3CCC2CC3)cc1. The molecule has 0 amide bonds. The largest absolute Gasteiger partial charge is 0.381 e. The summed E-state index contributed by atoms with van der Waals surface area (Å²) >= 11 is 5.88. The van der Waals surface area contributed by atoms with Crippen molar-refractivity contribution in [1.82, 2.24) is 4.90 Å². The highest BCUT2D eigenvalue weighted by molar-refractivity contribution is 6.30. The van der Waals surface area contributed by atoms with E-state index in [9.17, 15) is 0 Å². The fraction of sp³-hybridized carbons (Fsp3) is 0.538. The number of fused-ring (bicyclic) bond motifs is 3. The molecule has 3 aliphatic heterocycles. The zero-order chi connectivity index (χ0) is 11.0. The quantitative estimate of drug-likeness (QED) is 0.850. The minimum absolute atomic E-state index is 0.628. The first-order valence-electron chi connectivity index (χ1n) is 6.06. The van der Waals surface area contributed by atoms with Crippen LogP contribution in [-0.2, 0) is 0 Å². The van der Waals surface area contributed by atoms with Gasteiger partial charge in [-0.3, -0.25) is 0 Å². The van der Waals surface area contributed by atoms with Crippen LogP contribution in [0.5, 0.6) is 0 Å². The topological polar surface area (TPSA) is 15.3 Å². The maximum atomic E-state index is 5.88. The van der Waals surface area contributed by atoms with Crippen molar-refractivity contribution in [1.29, 1.82) is 0 Å². The zero-order valence-electron chi connectivity index (χ0n) is 9.32. The second-order valence-corrected chi connectivity index (χ2v) is 5.33. The molecule has 2 nitrogen and oxygen atoms in total. The summed E-state index contributed by atoms with van der Waals surface area (Å²) in [6.07, 6.45) is 2.70. The van der Waals surface area contributed by atoms with Crippen LogP contribution in [0.3, 0.4) is 0 Å². The van der Waals surface area contributed by atoms with Gasteiger partial charge in [-0.2, -0.15) is 0 Å². The summed E-state index contributed by atoms with van der Waals surface area (Å²) in [7, 11) is 0. The summed E-state index contributed by atoms with van der Waals surface area (Å²) in [4.78, 5) is 2.56. The summed E-state index contributed by atoms with van der Waals surface area (Å²) in [6, 6.07) is 8.67. The van der Waals surface area contributed by atoms with E-state index in [0.29, 0.717) is 6.04 Å². The number of halogens is 1. The summed E-state index contributed by atoms with van der Waals surface area (Å²) < 4.78 is 0. The van der Waals surface area contributed by atoms with E-state index in [-0.39, 0.29) is 0 Å². The lowest BCUT2D eigenvalue weighted by Crippen LogP contribution is -2.53. The van der Waals surface area contributed by atoms with E-state index in [2.05, 4.69) is 22.3 Å². The molecule has 0 radical (unpaired) electrons. The molecule has 1 aromatic carbocycles. The molecule has 2 bridgehead atoms. The van der Waals surface area contributed by atoms with Crippen molar-refractivity contribution in [3.63, 3.8) is 0 Å². The number of nitrogens with one attached hydrogen (secondary N) is 1.